The van der Waals surface area contributed by atoms with E-state index in [2.05, 4.69) is 19.9 Å². The molecule has 2 rings (SSSR count). The summed E-state index contributed by atoms with van der Waals surface area (Å²) in [5.41, 5.74) is 1.56. The Kier molecular flexibility index (Phi) is 1.40. The minimum atomic E-state index is 0.264. The molecule has 0 aromatic rings. The molecular formula is C10H16O. The number of aliphatic hydroxyl groups is 1. The Morgan fingerprint density at radius 3 is 2.55 bits per heavy atom. The average molecular weight is 152 g/mol. The largest absolute Gasteiger partial charge is 0.392 e. The van der Waals surface area contributed by atoms with Crippen LogP contribution < -0.4 is 0 Å². The van der Waals surface area contributed by atoms with E-state index in [4.69, 9.17) is 5.11 Å². The predicted octanol–water partition coefficient (Wildman–Crippen LogP) is 1.97. The van der Waals surface area contributed by atoms with E-state index in [1.165, 1.54) is 18.4 Å². The molecule has 0 amide bonds. The molecule has 0 saturated heterocycles. The molecule has 2 atom stereocenters. The zero-order valence-electron chi connectivity index (χ0n) is 7.30. The van der Waals surface area contributed by atoms with Gasteiger partial charge in [-0.05, 0) is 35.7 Å². The Labute approximate surface area is 68.1 Å². The molecule has 0 spiro atoms. The SMILES string of the molecule is CC1(C)C(CO)=C[C@H]2CC[C@H]21. The standard InChI is InChI=1S/C10H16O/c1-10(2)8(6-11)5-7-3-4-9(7)10/h5,7,9,11H,3-4,6H2,1-2H3/t7-,9-/m1/s1. The third kappa shape index (κ3) is 0.807. The Hall–Kier alpha value is -0.300. The van der Waals surface area contributed by atoms with Gasteiger partial charge in [0.25, 0.3) is 0 Å². The third-order valence-electron chi connectivity index (χ3n) is 3.67. The normalized spacial score (nSPS) is 39.4. The highest BCUT2D eigenvalue weighted by Gasteiger charge is 2.47. The first-order chi connectivity index (χ1) is 5.16. The van der Waals surface area contributed by atoms with E-state index < -0.39 is 0 Å². The summed E-state index contributed by atoms with van der Waals surface area (Å²) in [4.78, 5) is 0. The quantitative estimate of drug-likeness (QED) is 0.569. The van der Waals surface area contributed by atoms with Crippen molar-refractivity contribution in [2.24, 2.45) is 17.3 Å². The summed E-state index contributed by atoms with van der Waals surface area (Å²) >= 11 is 0. The highest BCUT2D eigenvalue weighted by atomic mass is 16.3. The van der Waals surface area contributed by atoms with Gasteiger partial charge in [-0.2, -0.15) is 0 Å². The smallest absolute Gasteiger partial charge is 0.0647 e. The fourth-order valence-corrected chi connectivity index (χ4v) is 2.59. The molecule has 11 heavy (non-hydrogen) atoms. The van der Waals surface area contributed by atoms with E-state index in [0.717, 1.165) is 11.8 Å². The van der Waals surface area contributed by atoms with Crippen LogP contribution in [0.3, 0.4) is 0 Å². The summed E-state index contributed by atoms with van der Waals surface area (Å²) in [5, 5.41) is 9.10. The number of hydrogen-bond acceptors (Lipinski definition) is 1. The van der Waals surface area contributed by atoms with Gasteiger partial charge in [-0.1, -0.05) is 19.9 Å². The second kappa shape index (κ2) is 2.10. The molecule has 0 heterocycles. The van der Waals surface area contributed by atoms with Crippen LogP contribution in [0.4, 0.5) is 0 Å². The van der Waals surface area contributed by atoms with E-state index in [0.29, 0.717) is 0 Å². The van der Waals surface area contributed by atoms with E-state index in [1.807, 2.05) is 0 Å². The van der Waals surface area contributed by atoms with Crippen molar-refractivity contribution < 1.29 is 5.11 Å². The first kappa shape index (κ1) is 7.35. The minimum Gasteiger partial charge on any atom is -0.392 e. The van der Waals surface area contributed by atoms with Crippen molar-refractivity contribution in [2.45, 2.75) is 26.7 Å². The highest BCUT2D eigenvalue weighted by molar-refractivity contribution is 5.26. The molecular weight excluding hydrogens is 136 g/mol. The van der Waals surface area contributed by atoms with Gasteiger partial charge >= 0.3 is 0 Å². The Bertz CT molecular complexity index is 203. The summed E-state index contributed by atoms with van der Waals surface area (Å²) in [7, 11) is 0. The maximum atomic E-state index is 9.10. The van der Waals surface area contributed by atoms with Crippen LogP contribution in [0.25, 0.3) is 0 Å². The molecule has 0 bridgehead atoms. The lowest BCUT2D eigenvalue weighted by molar-refractivity contribution is 0.120. The van der Waals surface area contributed by atoms with Gasteiger partial charge in [0.1, 0.15) is 0 Å². The minimum absolute atomic E-state index is 0.264. The van der Waals surface area contributed by atoms with Crippen molar-refractivity contribution in [1.82, 2.24) is 0 Å². The molecule has 62 valence electrons. The monoisotopic (exact) mass is 152 g/mol. The molecule has 1 N–H and O–H groups in total. The zero-order chi connectivity index (χ0) is 8.06. The summed E-state index contributed by atoms with van der Waals surface area (Å²) < 4.78 is 0. The number of rotatable bonds is 1. The molecule has 1 heteroatoms. The molecule has 1 nitrogen and oxygen atoms in total. The first-order valence-corrected chi connectivity index (χ1v) is 4.48. The van der Waals surface area contributed by atoms with Crippen LogP contribution in [0, 0.1) is 17.3 Å². The van der Waals surface area contributed by atoms with Gasteiger partial charge in [-0.25, -0.2) is 0 Å². The lowest BCUT2D eigenvalue weighted by Crippen LogP contribution is -2.32. The van der Waals surface area contributed by atoms with Gasteiger partial charge in [0.2, 0.25) is 0 Å². The highest BCUT2D eigenvalue weighted by Crippen LogP contribution is 2.55. The maximum Gasteiger partial charge on any atom is 0.0647 e. The van der Waals surface area contributed by atoms with Crippen LogP contribution >= 0.6 is 0 Å². The molecule has 1 fully saturated rings. The van der Waals surface area contributed by atoms with Crippen molar-refractivity contribution in [3.05, 3.63) is 11.6 Å². The van der Waals surface area contributed by atoms with Crippen LogP contribution in [0.2, 0.25) is 0 Å². The zero-order valence-corrected chi connectivity index (χ0v) is 7.30. The number of hydrogen-bond donors (Lipinski definition) is 1. The van der Waals surface area contributed by atoms with Crippen LogP contribution in [0.15, 0.2) is 11.6 Å². The van der Waals surface area contributed by atoms with Gasteiger partial charge < -0.3 is 5.11 Å². The second-order valence-corrected chi connectivity index (χ2v) is 4.42. The Morgan fingerprint density at radius 2 is 2.27 bits per heavy atom. The summed E-state index contributed by atoms with van der Waals surface area (Å²) in [5.74, 6) is 1.64. The van der Waals surface area contributed by atoms with Gasteiger partial charge in [-0.3, -0.25) is 0 Å². The molecule has 0 aromatic carbocycles. The van der Waals surface area contributed by atoms with Crippen LogP contribution in [0.1, 0.15) is 26.7 Å². The van der Waals surface area contributed by atoms with E-state index >= 15 is 0 Å². The fraction of sp³-hybridized carbons (Fsp3) is 0.800. The molecule has 0 aromatic heterocycles. The predicted molar refractivity (Wildman–Crippen MR) is 45.2 cm³/mol. The van der Waals surface area contributed by atoms with Gasteiger partial charge in [0.05, 0.1) is 6.61 Å². The average Bonchev–Trinajstić information content (AvgIpc) is 1.99. The third-order valence-corrected chi connectivity index (χ3v) is 3.67. The van der Waals surface area contributed by atoms with Crippen molar-refractivity contribution in [3.8, 4) is 0 Å². The van der Waals surface area contributed by atoms with E-state index in [-0.39, 0.29) is 12.0 Å². The molecule has 2 aliphatic carbocycles. The van der Waals surface area contributed by atoms with Crippen LogP contribution in [-0.4, -0.2) is 11.7 Å². The second-order valence-electron chi connectivity index (χ2n) is 4.42. The number of aliphatic hydroxyl groups excluding tert-OH is 1. The molecule has 0 radical (unpaired) electrons. The van der Waals surface area contributed by atoms with Crippen molar-refractivity contribution in [2.75, 3.05) is 6.61 Å². The van der Waals surface area contributed by atoms with Gasteiger partial charge in [-0.15, -0.1) is 0 Å². The van der Waals surface area contributed by atoms with E-state index in [1.54, 1.807) is 0 Å². The number of allylic oxidation sites excluding steroid dienone is 1. The molecule has 0 aliphatic heterocycles. The molecule has 2 aliphatic rings. The van der Waals surface area contributed by atoms with Gasteiger partial charge in [0.15, 0.2) is 0 Å². The van der Waals surface area contributed by atoms with Crippen molar-refractivity contribution in [1.29, 1.82) is 0 Å². The Morgan fingerprint density at radius 1 is 1.55 bits per heavy atom. The lowest BCUT2D eigenvalue weighted by Gasteiger charge is -2.40. The lowest BCUT2D eigenvalue weighted by atomic mass is 9.64. The molecule has 1 saturated carbocycles. The topological polar surface area (TPSA) is 20.2 Å². The van der Waals surface area contributed by atoms with Crippen LogP contribution in [-0.2, 0) is 0 Å². The molecule has 0 unspecified atom stereocenters. The Balaban J connectivity index is 2.25. The first-order valence-electron chi connectivity index (χ1n) is 4.48. The summed E-state index contributed by atoms with van der Waals surface area (Å²) in [6, 6.07) is 0. The summed E-state index contributed by atoms with van der Waals surface area (Å²) in [6.45, 7) is 4.79. The maximum absolute atomic E-state index is 9.10. The van der Waals surface area contributed by atoms with Gasteiger partial charge in [0, 0.05) is 0 Å². The van der Waals surface area contributed by atoms with Crippen LogP contribution in [0.5, 0.6) is 0 Å². The fourth-order valence-electron chi connectivity index (χ4n) is 2.59. The van der Waals surface area contributed by atoms with Crippen molar-refractivity contribution >= 4 is 0 Å². The van der Waals surface area contributed by atoms with E-state index in [9.17, 15) is 0 Å². The van der Waals surface area contributed by atoms with Crippen molar-refractivity contribution in [3.63, 3.8) is 0 Å². The summed E-state index contributed by atoms with van der Waals surface area (Å²) in [6.07, 6.45) is 5.00. The number of fused-ring (bicyclic) bond motifs is 1.